The Balaban J connectivity index is 3.80. The molecule has 0 fully saturated rings. The Bertz CT molecular complexity index is 1420. The lowest BCUT2D eigenvalue weighted by molar-refractivity contribution is -0.161. The molecule has 9 nitrogen and oxygen atoms in total. The highest BCUT2D eigenvalue weighted by Gasteiger charge is 2.26. The summed E-state index contributed by atoms with van der Waals surface area (Å²) in [7, 11) is -4.39. The number of phosphoric ester groups is 1. The third-order valence-corrected chi connectivity index (χ3v) is 17.0. The Morgan fingerprint density at radius 3 is 0.951 bits per heavy atom. The van der Waals surface area contributed by atoms with E-state index in [1.54, 1.807) is 0 Å². The fourth-order valence-corrected chi connectivity index (χ4v) is 11.5. The van der Waals surface area contributed by atoms with Gasteiger partial charge < -0.3 is 20.1 Å². The third-order valence-electron chi connectivity index (χ3n) is 16.0. The van der Waals surface area contributed by atoms with Crippen molar-refractivity contribution >= 4 is 19.8 Å². The average molecular weight is 1160 g/mol. The van der Waals surface area contributed by atoms with E-state index in [4.69, 9.17) is 24.3 Å². The van der Waals surface area contributed by atoms with Crippen LogP contribution in [0.2, 0.25) is 0 Å². The zero-order chi connectivity index (χ0) is 58.7. The molecule has 478 valence electrons. The van der Waals surface area contributed by atoms with Gasteiger partial charge in [0.25, 0.3) is 0 Å². The van der Waals surface area contributed by atoms with E-state index in [1.165, 1.54) is 302 Å². The SMILES string of the molecule is CCCCCCC/C=C\C/C=C\CCCCCCCCCCCCCCCCCCCCCCCCCC(=O)OC(COC(=O)CCCCCCCCCCCCCCC/C=C\CCCCCCCCCC)COP(=O)(O)OCCN. The van der Waals surface area contributed by atoms with Gasteiger partial charge in [0.15, 0.2) is 6.10 Å². The van der Waals surface area contributed by atoms with Gasteiger partial charge in [0.05, 0.1) is 13.2 Å². The van der Waals surface area contributed by atoms with Gasteiger partial charge >= 0.3 is 19.8 Å². The normalized spacial score (nSPS) is 13.1. The first kappa shape index (κ1) is 79.2. The number of carbonyl (C=O) groups excluding carboxylic acids is 2. The van der Waals surface area contributed by atoms with E-state index >= 15 is 0 Å². The summed E-state index contributed by atoms with van der Waals surface area (Å²) in [5.74, 6) is -0.806. The molecule has 0 aliphatic carbocycles. The fourth-order valence-electron chi connectivity index (χ4n) is 10.7. The Hall–Kier alpha value is -1.77. The maximum Gasteiger partial charge on any atom is 0.472 e. The molecule has 81 heavy (non-hydrogen) atoms. The third kappa shape index (κ3) is 67.2. The molecule has 2 atom stereocenters. The monoisotopic (exact) mass is 1160 g/mol. The van der Waals surface area contributed by atoms with Crippen molar-refractivity contribution in [1.82, 2.24) is 0 Å². The Labute approximate surface area is 503 Å². The van der Waals surface area contributed by atoms with Gasteiger partial charge in [-0.3, -0.25) is 18.6 Å². The van der Waals surface area contributed by atoms with E-state index in [1.807, 2.05) is 0 Å². The Kier molecular flexibility index (Phi) is 65.9. The highest BCUT2D eigenvalue weighted by atomic mass is 31.2. The van der Waals surface area contributed by atoms with Crippen molar-refractivity contribution in [2.75, 3.05) is 26.4 Å². The number of esters is 2. The van der Waals surface area contributed by atoms with Crippen molar-refractivity contribution in [3.05, 3.63) is 36.5 Å². The number of unbranched alkanes of at least 4 members (excludes halogenated alkanes) is 49. The number of hydrogen-bond donors (Lipinski definition) is 2. The zero-order valence-corrected chi connectivity index (χ0v) is 54.7. The van der Waals surface area contributed by atoms with Crippen LogP contribution in [0.25, 0.3) is 0 Å². The van der Waals surface area contributed by atoms with Crippen LogP contribution in [0, 0.1) is 0 Å². The summed E-state index contributed by atoms with van der Waals surface area (Å²) in [6.45, 7) is 3.80. The lowest BCUT2D eigenvalue weighted by Gasteiger charge is -2.19. The fraction of sp³-hybridized carbons (Fsp3) is 0.887. The minimum absolute atomic E-state index is 0.0560. The van der Waals surface area contributed by atoms with Gasteiger partial charge in [-0.25, -0.2) is 4.57 Å². The van der Waals surface area contributed by atoms with Crippen molar-refractivity contribution in [1.29, 1.82) is 0 Å². The summed E-state index contributed by atoms with van der Waals surface area (Å²) in [6, 6.07) is 0. The van der Waals surface area contributed by atoms with Gasteiger partial charge in [-0.15, -0.1) is 0 Å². The molecule has 0 spiro atoms. The predicted octanol–water partition coefficient (Wildman–Crippen LogP) is 23.1. The number of allylic oxidation sites excluding steroid dienone is 6. The Morgan fingerprint density at radius 2 is 0.642 bits per heavy atom. The van der Waals surface area contributed by atoms with E-state index in [9.17, 15) is 19.0 Å². The number of hydrogen-bond acceptors (Lipinski definition) is 8. The number of phosphoric acid groups is 1. The van der Waals surface area contributed by atoms with E-state index < -0.39 is 26.5 Å². The van der Waals surface area contributed by atoms with Crippen molar-refractivity contribution in [2.24, 2.45) is 5.73 Å². The van der Waals surface area contributed by atoms with Crippen LogP contribution in [0.4, 0.5) is 0 Å². The number of rotatable bonds is 68. The molecule has 0 rings (SSSR count). The van der Waals surface area contributed by atoms with Crippen LogP contribution < -0.4 is 5.73 Å². The van der Waals surface area contributed by atoms with Crippen LogP contribution in [-0.2, 0) is 32.7 Å². The molecule has 0 aliphatic rings. The molecule has 0 aromatic carbocycles. The molecule has 0 aliphatic heterocycles. The molecule has 3 N–H and O–H groups in total. The molecular weight excluding hydrogens is 1030 g/mol. The van der Waals surface area contributed by atoms with E-state index in [0.29, 0.717) is 6.42 Å². The summed E-state index contributed by atoms with van der Waals surface area (Å²) in [5.41, 5.74) is 5.40. The van der Waals surface area contributed by atoms with Crippen molar-refractivity contribution in [3.8, 4) is 0 Å². The summed E-state index contributed by atoms with van der Waals surface area (Å²) in [4.78, 5) is 35.3. The van der Waals surface area contributed by atoms with Crippen LogP contribution in [-0.4, -0.2) is 49.3 Å². The zero-order valence-electron chi connectivity index (χ0n) is 53.8. The molecule has 0 amide bonds. The second-order valence-corrected chi connectivity index (χ2v) is 25.6. The summed E-state index contributed by atoms with van der Waals surface area (Å²) < 4.78 is 33.2. The second-order valence-electron chi connectivity index (χ2n) is 24.1. The van der Waals surface area contributed by atoms with Crippen LogP contribution in [0.15, 0.2) is 36.5 Å². The quantitative estimate of drug-likeness (QED) is 0.0264. The molecule has 0 aromatic rings. The first-order chi connectivity index (χ1) is 39.8. The summed E-state index contributed by atoms with van der Waals surface area (Å²) >= 11 is 0. The number of carbonyl (C=O) groups is 2. The lowest BCUT2D eigenvalue weighted by Crippen LogP contribution is -2.29. The van der Waals surface area contributed by atoms with Gasteiger partial charge in [-0.1, -0.05) is 326 Å². The number of nitrogens with two attached hydrogens (primary N) is 1. The van der Waals surface area contributed by atoms with Gasteiger partial charge in [0, 0.05) is 19.4 Å². The molecule has 0 aromatic heterocycles. The van der Waals surface area contributed by atoms with Gasteiger partial charge in [0.2, 0.25) is 0 Å². The van der Waals surface area contributed by atoms with Crippen LogP contribution in [0.5, 0.6) is 0 Å². The van der Waals surface area contributed by atoms with Gasteiger partial charge in [-0.2, -0.15) is 0 Å². The largest absolute Gasteiger partial charge is 0.472 e. The maximum atomic E-state index is 12.8. The summed E-state index contributed by atoms with van der Waals surface area (Å²) in [5, 5.41) is 0. The minimum atomic E-state index is -4.39. The topological polar surface area (TPSA) is 134 Å². The van der Waals surface area contributed by atoms with Gasteiger partial charge in [0.1, 0.15) is 6.61 Å². The molecular formula is C71H136NO8P. The standard InChI is InChI=1S/C71H136NO8P/c1-3-5-7-9-11-13-15-17-19-21-23-25-27-29-30-31-32-33-34-35-36-37-38-40-42-44-46-48-50-52-54-56-58-60-62-64-71(74)80-69(68-79-81(75,76)78-66-65-72)67-77-70(73)63-61-59-57-55-53-51-49-47-45-43-41-39-28-26-24-22-20-18-16-14-12-10-8-6-4-2/h15,17,21-24,69H,3-14,16,18-20,25-68,72H2,1-2H3,(H,75,76)/b17-15-,23-21-,24-22-. The Morgan fingerprint density at radius 1 is 0.370 bits per heavy atom. The van der Waals surface area contributed by atoms with E-state index in [-0.39, 0.29) is 38.6 Å². The highest BCUT2D eigenvalue weighted by Crippen LogP contribution is 2.43. The smallest absolute Gasteiger partial charge is 0.462 e. The molecule has 0 heterocycles. The predicted molar refractivity (Wildman–Crippen MR) is 349 cm³/mol. The van der Waals surface area contributed by atoms with Crippen LogP contribution in [0.1, 0.15) is 373 Å². The summed E-state index contributed by atoms with van der Waals surface area (Å²) in [6.07, 6.45) is 83.9. The van der Waals surface area contributed by atoms with Crippen molar-refractivity contribution in [2.45, 2.75) is 380 Å². The van der Waals surface area contributed by atoms with E-state index in [0.717, 1.165) is 38.5 Å². The van der Waals surface area contributed by atoms with Crippen LogP contribution in [0.3, 0.4) is 0 Å². The number of ether oxygens (including phenoxy) is 2. The first-order valence-electron chi connectivity index (χ1n) is 35.5. The van der Waals surface area contributed by atoms with Crippen molar-refractivity contribution in [3.63, 3.8) is 0 Å². The van der Waals surface area contributed by atoms with Crippen LogP contribution >= 0.6 is 7.82 Å². The van der Waals surface area contributed by atoms with Gasteiger partial charge in [-0.05, 0) is 70.6 Å². The highest BCUT2D eigenvalue weighted by molar-refractivity contribution is 7.47. The molecule has 0 radical (unpaired) electrons. The minimum Gasteiger partial charge on any atom is -0.462 e. The molecule has 0 saturated carbocycles. The van der Waals surface area contributed by atoms with Crippen molar-refractivity contribution < 1.29 is 37.6 Å². The lowest BCUT2D eigenvalue weighted by atomic mass is 10.0. The molecule has 10 heteroatoms. The average Bonchev–Trinajstić information content (AvgIpc) is 3.46. The first-order valence-corrected chi connectivity index (χ1v) is 37.0. The molecule has 2 unspecified atom stereocenters. The maximum absolute atomic E-state index is 12.8. The molecule has 0 bridgehead atoms. The van der Waals surface area contributed by atoms with E-state index in [2.05, 4.69) is 50.3 Å². The second kappa shape index (κ2) is 67.4. The molecule has 0 saturated heterocycles.